The number of aliphatic carboxylic acids is 1. The van der Waals surface area contributed by atoms with Gasteiger partial charge in [0.2, 0.25) is 0 Å². The first kappa shape index (κ1) is 31.6. The van der Waals surface area contributed by atoms with Crippen LogP contribution in [0.2, 0.25) is 5.02 Å². The maximum absolute atomic E-state index is 11.2. The van der Waals surface area contributed by atoms with Crippen LogP contribution in [-0.4, -0.2) is 83.1 Å². The van der Waals surface area contributed by atoms with Gasteiger partial charge in [-0.1, -0.05) is 65.9 Å². The topological polar surface area (TPSA) is 120 Å². The molecule has 43 heavy (non-hydrogen) atoms. The molecule has 1 atom stereocenters. The van der Waals surface area contributed by atoms with Crippen molar-refractivity contribution in [2.24, 2.45) is 5.73 Å². The highest BCUT2D eigenvalue weighted by Gasteiger charge is 2.26. The van der Waals surface area contributed by atoms with E-state index >= 15 is 0 Å². The van der Waals surface area contributed by atoms with E-state index in [4.69, 9.17) is 27.2 Å². The number of rotatable bonds is 11. The third kappa shape index (κ3) is 9.60. The number of carbonyl (C=O) groups is 2. The summed E-state index contributed by atoms with van der Waals surface area (Å²) < 4.78 is 6.08. The molecule has 224 valence electrons. The highest BCUT2D eigenvalue weighted by molar-refractivity contribution is 6.30. The van der Waals surface area contributed by atoms with Crippen LogP contribution in [0.4, 0.5) is 4.79 Å². The summed E-state index contributed by atoms with van der Waals surface area (Å²) in [5.41, 5.74) is 8.68. The monoisotopic (exact) mass is 602 g/mol. The fraction of sp³-hybridized carbons (Fsp3) is 0.273. The van der Waals surface area contributed by atoms with Crippen LogP contribution in [0.25, 0.3) is 6.08 Å². The van der Waals surface area contributed by atoms with Crippen LogP contribution in [0, 0.1) is 11.8 Å². The number of piperazine rings is 1. The van der Waals surface area contributed by atoms with Crippen molar-refractivity contribution in [2.45, 2.75) is 12.5 Å². The van der Waals surface area contributed by atoms with Gasteiger partial charge in [-0.15, -0.1) is 0 Å². The van der Waals surface area contributed by atoms with Gasteiger partial charge in [-0.25, -0.2) is 14.7 Å². The van der Waals surface area contributed by atoms with Crippen LogP contribution in [0.5, 0.6) is 5.75 Å². The molecule has 1 heterocycles. The average molecular weight is 603 g/mol. The number of halogens is 1. The van der Waals surface area contributed by atoms with Gasteiger partial charge in [-0.3, -0.25) is 15.0 Å². The molecule has 2 amide bonds. The second-order valence-corrected chi connectivity index (χ2v) is 10.5. The molecule has 10 heteroatoms. The van der Waals surface area contributed by atoms with Crippen LogP contribution in [0.3, 0.4) is 0 Å². The Labute approximate surface area is 256 Å². The summed E-state index contributed by atoms with van der Waals surface area (Å²) in [5, 5.41) is 19.6. The quantitative estimate of drug-likeness (QED) is 0.126. The standard InChI is InChI=1S/C33H35ClN4O5/c34-29-13-10-27(11-14-29)32(26-7-2-1-3-8-26)37-20-18-36(19-21-37)22-23-43-30-15-9-25(24-28(30)12-16-31(39)40)6-4-5-17-38(42)33(35)41/h1-3,7-16,24,32,42H,5,17-23H2,(H2,35,41)(H,39,40)/b16-12+. The Bertz CT molecular complexity index is 1460. The van der Waals surface area contributed by atoms with Crippen LogP contribution in [0.1, 0.15) is 34.7 Å². The van der Waals surface area contributed by atoms with Crippen molar-refractivity contribution in [1.82, 2.24) is 14.9 Å². The number of nitrogens with two attached hydrogens (primary N) is 1. The van der Waals surface area contributed by atoms with E-state index in [0.29, 0.717) is 28.5 Å². The third-order valence-corrected chi connectivity index (χ3v) is 7.34. The van der Waals surface area contributed by atoms with Gasteiger partial charge in [-0.2, -0.15) is 0 Å². The molecule has 3 aromatic rings. The van der Waals surface area contributed by atoms with Gasteiger partial charge in [0.25, 0.3) is 0 Å². The summed E-state index contributed by atoms with van der Waals surface area (Å²) in [7, 11) is 0. The van der Waals surface area contributed by atoms with E-state index in [1.807, 2.05) is 18.2 Å². The van der Waals surface area contributed by atoms with Crippen molar-refractivity contribution in [3.05, 3.63) is 106 Å². The summed E-state index contributed by atoms with van der Waals surface area (Å²) in [6.07, 6.45) is 2.75. The van der Waals surface area contributed by atoms with Crippen LogP contribution in [0.15, 0.2) is 78.9 Å². The molecule has 1 fully saturated rings. The number of hydrogen-bond donors (Lipinski definition) is 3. The molecule has 3 aromatic carbocycles. The Kier molecular flexibility index (Phi) is 11.6. The second kappa shape index (κ2) is 15.8. The first-order chi connectivity index (χ1) is 20.8. The molecule has 1 aliphatic heterocycles. The van der Waals surface area contributed by atoms with Gasteiger partial charge in [0.1, 0.15) is 12.4 Å². The number of nitrogens with zero attached hydrogens (tertiary/aromatic N) is 3. The minimum atomic E-state index is -1.07. The lowest BCUT2D eigenvalue weighted by Crippen LogP contribution is -2.48. The molecular formula is C33H35ClN4O5. The maximum atomic E-state index is 11.2. The van der Waals surface area contributed by atoms with E-state index in [0.717, 1.165) is 43.8 Å². The van der Waals surface area contributed by atoms with E-state index in [2.05, 4.69) is 58.0 Å². The lowest BCUT2D eigenvalue weighted by atomic mass is 9.96. The molecule has 0 aliphatic carbocycles. The first-order valence-electron chi connectivity index (χ1n) is 14.0. The fourth-order valence-electron chi connectivity index (χ4n) is 4.91. The number of urea groups is 1. The molecule has 0 spiro atoms. The predicted molar refractivity (Wildman–Crippen MR) is 166 cm³/mol. The molecule has 0 saturated carbocycles. The van der Waals surface area contributed by atoms with E-state index in [1.54, 1.807) is 18.2 Å². The first-order valence-corrected chi connectivity index (χ1v) is 14.4. The van der Waals surface area contributed by atoms with Crippen molar-refractivity contribution < 1.29 is 24.6 Å². The van der Waals surface area contributed by atoms with Crippen LogP contribution < -0.4 is 10.5 Å². The van der Waals surface area contributed by atoms with Crippen molar-refractivity contribution >= 4 is 29.7 Å². The normalized spacial score (nSPS) is 14.6. The van der Waals surface area contributed by atoms with Crippen LogP contribution in [-0.2, 0) is 4.79 Å². The molecular weight excluding hydrogens is 568 g/mol. The highest BCUT2D eigenvalue weighted by Crippen LogP contribution is 2.30. The lowest BCUT2D eigenvalue weighted by Gasteiger charge is -2.39. The summed E-state index contributed by atoms with van der Waals surface area (Å²) in [6.45, 7) is 4.73. The fourth-order valence-corrected chi connectivity index (χ4v) is 5.04. The number of amides is 2. The molecule has 0 bridgehead atoms. The number of carboxylic acids is 1. The molecule has 4 rings (SSSR count). The van der Waals surface area contributed by atoms with E-state index in [9.17, 15) is 14.8 Å². The zero-order valence-electron chi connectivity index (χ0n) is 23.7. The number of primary amides is 1. The Morgan fingerprint density at radius 1 is 1.02 bits per heavy atom. The van der Waals surface area contributed by atoms with Gasteiger partial charge in [0.05, 0.1) is 12.6 Å². The number of benzene rings is 3. The summed E-state index contributed by atoms with van der Waals surface area (Å²) in [6, 6.07) is 23.1. The molecule has 1 unspecified atom stereocenters. The lowest BCUT2D eigenvalue weighted by molar-refractivity contribution is -0.131. The summed E-state index contributed by atoms with van der Waals surface area (Å²) >= 11 is 6.16. The average Bonchev–Trinajstić information content (AvgIpc) is 3.01. The van der Waals surface area contributed by atoms with Gasteiger partial charge in [-0.05, 0) is 47.5 Å². The Morgan fingerprint density at radius 3 is 2.40 bits per heavy atom. The molecule has 9 nitrogen and oxygen atoms in total. The second-order valence-electron chi connectivity index (χ2n) is 10.0. The van der Waals surface area contributed by atoms with E-state index in [1.165, 1.54) is 17.2 Å². The van der Waals surface area contributed by atoms with Crippen molar-refractivity contribution in [3.8, 4) is 17.6 Å². The zero-order valence-corrected chi connectivity index (χ0v) is 24.5. The van der Waals surface area contributed by atoms with E-state index in [-0.39, 0.29) is 19.0 Å². The number of hydroxylamine groups is 2. The van der Waals surface area contributed by atoms with Crippen molar-refractivity contribution in [2.75, 3.05) is 45.9 Å². The van der Waals surface area contributed by atoms with Gasteiger partial charge in [0.15, 0.2) is 0 Å². The number of ether oxygens (including phenoxy) is 1. The van der Waals surface area contributed by atoms with Crippen LogP contribution >= 0.6 is 11.6 Å². The Balaban J connectivity index is 1.34. The SMILES string of the molecule is NC(=O)N(O)CCC#Cc1ccc(OCCN2CCN(C(c3ccccc3)c3ccc(Cl)cc3)CC2)c(/C=C/C(=O)O)c1. The number of carbonyl (C=O) groups excluding carboxylic acids is 1. The van der Waals surface area contributed by atoms with Crippen molar-refractivity contribution in [3.63, 3.8) is 0 Å². The van der Waals surface area contributed by atoms with Gasteiger partial charge < -0.3 is 15.6 Å². The van der Waals surface area contributed by atoms with Gasteiger partial charge >= 0.3 is 12.0 Å². The van der Waals surface area contributed by atoms with Crippen molar-refractivity contribution in [1.29, 1.82) is 0 Å². The van der Waals surface area contributed by atoms with Gasteiger partial charge in [0, 0.05) is 61.4 Å². The summed E-state index contributed by atoms with van der Waals surface area (Å²) in [5.74, 6) is 5.30. The maximum Gasteiger partial charge on any atom is 0.338 e. The number of carboxylic acid groups (broad SMARTS) is 1. The van der Waals surface area contributed by atoms with E-state index < -0.39 is 12.0 Å². The largest absolute Gasteiger partial charge is 0.492 e. The minimum absolute atomic E-state index is 0.0163. The molecule has 1 saturated heterocycles. The smallest absolute Gasteiger partial charge is 0.338 e. The number of hydrogen-bond acceptors (Lipinski definition) is 6. The predicted octanol–water partition coefficient (Wildman–Crippen LogP) is 4.74. The Morgan fingerprint density at radius 2 is 1.72 bits per heavy atom. The zero-order chi connectivity index (χ0) is 30.6. The molecule has 1 aliphatic rings. The molecule has 4 N–H and O–H groups in total. The summed E-state index contributed by atoms with van der Waals surface area (Å²) in [4.78, 5) is 26.9. The Hall–Kier alpha value is -4.33. The third-order valence-electron chi connectivity index (χ3n) is 7.09. The minimum Gasteiger partial charge on any atom is -0.492 e. The molecule has 0 radical (unpaired) electrons. The molecule has 0 aromatic heterocycles. The highest BCUT2D eigenvalue weighted by atomic mass is 35.5.